The molecule has 2 saturated carbocycles. The van der Waals surface area contributed by atoms with E-state index in [2.05, 4.69) is 10.3 Å². The number of nitrogens with zero attached hydrogens (tertiary/aromatic N) is 1. The zero-order valence-corrected chi connectivity index (χ0v) is 13.9. The highest BCUT2D eigenvalue weighted by Crippen LogP contribution is 2.40. The first-order chi connectivity index (χ1) is 11.5. The number of hydrogen-bond acceptors (Lipinski definition) is 5. The number of ether oxygens (including phenoxy) is 1. The Hall–Kier alpha value is -1.95. The van der Waals surface area contributed by atoms with Crippen molar-refractivity contribution in [2.24, 2.45) is 17.8 Å². The lowest BCUT2D eigenvalue weighted by Gasteiger charge is -2.36. The third-order valence-electron chi connectivity index (χ3n) is 4.76. The minimum absolute atomic E-state index is 0.0157. The number of carbonyl (C=O) groups excluding carboxylic acids is 3. The van der Waals surface area contributed by atoms with Crippen molar-refractivity contribution >= 4 is 34.9 Å². The normalized spacial score (nSPS) is 25.9. The molecular formula is C17H19ClN2O4. The van der Waals surface area contributed by atoms with Crippen molar-refractivity contribution in [1.29, 1.82) is 0 Å². The number of fused-ring (bicyclic) bond motifs is 2. The highest BCUT2D eigenvalue weighted by Gasteiger charge is 2.41. The molecule has 128 valence electrons. The number of rotatable bonds is 4. The van der Waals surface area contributed by atoms with Gasteiger partial charge in [-0.15, -0.1) is 0 Å². The van der Waals surface area contributed by atoms with Gasteiger partial charge in [0.1, 0.15) is 5.78 Å². The molecule has 1 aromatic heterocycles. The molecule has 3 rings (SSSR count). The van der Waals surface area contributed by atoms with Crippen molar-refractivity contribution in [3.05, 3.63) is 23.5 Å². The van der Waals surface area contributed by atoms with Crippen LogP contribution in [0.3, 0.4) is 0 Å². The van der Waals surface area contributed by atoms with Crippen LogP contribution in [0.25, 0.3) is 0 Å². The second kappa shape index (κ2) is 7.30. The fraction of sp³-hybridized carbons (Fsp3) is 0.529. The topological polar surface area (TPSA) is 85.4 Å². The average Bonchev–Trinajstić information content (AvgIpc) is 2.54. The number of Topliss-reactive ketones (excluding diaryl/α,β-unsaturated/α-hetero) is 1. The molecule has 1 heterocycles. The van der Waals surface area contributed by atoms with Gasteiger partial charge in [-0.2, -0.15) is 0 Å². The van der Waals surface area contributed by atoms with Crippen molar-refractivity contribution in [2.75, 3.05) is 11.9 Å². The predicted octanol–water partition coefficient (Wildman–Crippen LogP) is 2.61. The second-order valence-corrected chi connectivity index (χ2v) is 6.75. The molecule has 0 aliphatic heterocycles. The van der Waals surface area contributed by atoms with Crippen molar-refractivity contribution in [3.63, 3.8) is 0 Å². The van der Waals surface area contributed by atoms with Crippen LogP contribution in [-0.2, 0) is 19.1 Å². The van der Waals surface area contributed by atoms with Gasteiger partial charge in [0.05, 0.1) is 11.6 Å². The van der Waals surface area contributed by atoms with Crippen LogP contribution >= 0.6 is 11.6 Å². The molecule has 1 unspecified atom stereocenters. The highest BCUT2D eigenvalue weighted by atomic mass is 35.5. The van der Waals surface area contributed by atoms with Crippen LogP contribution in [0, 0.1) is 17.8 Å². The van der Waals surface area contributed by atoms with Gasteiger partial charge in [-0.25, -0.2) is 4.98 Å². The molecule has 0 spiro atoms. The van der Waals surface area contributed by atoms with Gasteiger partial charge < -0.3 is 10.1 Å². The summed E-state index contributed by atoms with van der Waals surface area (Å²) in [6, 6.07) is 3.26. The van der Waals surface area contributed by atoms with Gasteiger partial charge in [0.2, 0.25) is 0 Å². The third-order valence-corrected chi connectivity index (χ3v) is 5.06. The van der Waals surface area contributed by atoms with E-state index in [1.807, 2.05) is 0 Å². The summed E-state index contributed by atoms with van der Waals surface area (Å²) in [5.41, 5.74) is 0.373. The minimum Gasteiger partial charge on any atom is -0.455 e. The molecule has 24 heavy (non-hydrogen) atoms. The standard InChI is InChI=1S/C17H19ClN2O4/c18-16-13(5-2-6-19-16)20-14(21)9-24-17(23)12-7-10-3-1-4-11(8-12)15(10)22/h2,5-6,10-12H,1,3-4,7-9H2,(H,20,21)/t10-,11+,12?. The molecule has 0 aromatic carbocycles. The summed E-state index contributed by atoms with van der Waals surface area (Å²) < 4.78 is 5.13. The van der Waals surface area contributed by atoms with E-state index in [1.165, 1.54) is 6.20 Å². The second-order valence-electron chi connectivity index (χ2n) is 6.39. The Labute approximate surface area is 144 Å². The van der Waals surface area contributed by atoms with E-state index in [0.717, 1.165) is 19.3 Å². The zero-order chi connectivity index (χ0) is 17.1. The first-order valence-corrected chi connectivity index (χ1v) is 8.53. The van der Waals surface area contributed by atoms with Crippen LogP contribution < -0.4 is 5.32 Å². The van der Waals surface area contributed by atoms with Gasteiger partial charge in [0.15, 0.2) is 11.8 Å². The number of halogens is 1. The fourth-order valence-electron chi connectivity index (χ4n) is 3.59. The lowest BCUT2D eigenvalue weighted by Crippen LogP contribution is -2.40. The van der Waals surface area contributed by atoms with Crippen LogP contribution in [0.15, 0.2) is 18.3 Å². The van der Waals surface area contributed by atoms with E-state index >= 15 is 0 Å². The molecule has 2 aliphatic carbocycles. The molecule has 1 amide bonds. The van der Waals surface area contributed by atoms with Crippen LogP contribution in [0.2, 0.25) is 5.15 Å². The summed E-state index contributed by atoms with van der Waals surface area (Å²) in [4.78, 5) is 40.0. The van der Waals surface area contributed by atoms with E-state index in [0.29, 0.717) is 24.3 Å². The number of aromatic nitrogens is 1. The first kappa shape index (κ1) is 16.9. The Balaban J connectivity index is 1.50. The minimum atomic E-state index is -0.467. The van der Waals surface area contributed by atoms with Crippen molar-refractivity contribution in [2.45, 2.75) is 32.1 Å². The summed E-state index contributed by atoms with van der Waals surface area (Å²) >= 11 is 5.86. The molecule has 3 atom stereocenters. The van der Waals surface area contributed by atoms with Gasteiger partial charge in [-0.1, -0.05) is 18.0 Å². The van der Waals surface area contributed by atoms with Gasteiger partial charge >= 0.3 is 5.97 Å². The maximum Gasteiger partial charge on any atom is 0.309 e. The molecule has 2 fully saturated rings. The molecule has 2 bridgehead atoms. The average molecular weight is 351 g/mol. The Morgan fingerprint density at radius 1 is 1.29 bits per heavy atom. The fourth-order valence-corrected chi connectivity index (χ4v) is 3.76. The third kappa shape index (κ3) is 3.75. The van der Waals surface area contributed by atoms with Crippen LogP contribution in [0.1, 0.15) is 32.1 Å². The Morgan fingerprint density at radius 2 is 2.00 bits per heavy atom. The van der Waals surface area contributed by atoms with Crippen molar-refractivity contribution < 1.29 is 19.1 Å². The molecular weight excluding hydrogens is 332 g/mol. The number of esters is 1. The number of anilines is 1. The molecule has 1 aromatic rings. The number of carbonyl (C=O) groups is 3. The quantitative estimate of drug-likeness (QED) is 0.666. The number of pyridine rings is 1. The van der Waals surface area contributed by atoms with Gasteiger partial charge in [0.25, 0.3) is 5.91 Å². The van der Waals surface area contributed by atoms with E-state index in [9.17, 15) is 14.4 Å². The maximum absolute atomic E-state index is 12.2. The molecule has 0 radical (unpaired) electrons. The summed E-state index contributed by atoms with van der Waals surface area (Å²) in [6.45, 7) is -0.371. The van der Waals surface area contributed by atoms with Crippen molar-refractivity contribution in [3.8, 4) is 0 Å². The van der Waals surface area contributed by atoms with Gasteiger partial charge in [0, 0.05) is 18.0 Å². The highest BCUT2D eigenvalue weighted by molar-refractivity contribution is 6.32. The van der Waals surface area contributed by atoms with Crippen LogP contribution in [0.4, 0.5) is 5.69 Å². The molecule has 1 N–H and O–H groups in total. The summed E-state index contributed by atoms with van der Waals surface area (Å²) in [7, 11) is 0. The molecule has 6 nitrogen and oxygen atoms in total. The Morgan fingerprint density at radius 3 is 2.67 bits per heavy atom. The molecule has 0 saturated heterocycles. The Kier molecular flexibility index (Phi) is 5.14. The van der Waals surface area contributed by atoms with Crippen LogP contribution in [-0.4, -0.2) is 29.3 Å². The largest absolute Gasteiger partial charge is 0.455 e. The molecule has 7 heteroatoms. The van der Waals surface area contributed by atoms with Crippen molar-refractivity contribution in [1.82, 2.24) is 4.98 Å². The number of ketones is 1. The van der Waals surface area contributed by atoms with Gasteiger partial charge in [-0.3, -0.25) is 14.4 Å². The zero-order valence-electron chi connectivity index (χ0n) is 13.2. The van der Waals surface area contributed by atoms with E-state index in [1.54, 1.807) is 12.1 Å². The van der Waals surface area contributed by atoms with Gasteiger partial charge in [-0.05, 0) is 37.8 Å². The summed E-state index contributed by atoms with van der Waals surface area (Å²) in [6.07, 6.45) is 5.38. The first-order valence-electron chi connectivity index (χ1n) is 8.15. The summed E-state index contributed by atoms with van der Waals surface area (Å²) in [5, 5.41) is 2.73. The maximum atomic E-state index is 12.2. The number of amides is 1. The predicted molar refractivity (Wildman–Crippen MR) is 87.4 cm³/mol. The summed E-state index contributed by atoms with van der Waals surface area (Å²) in [5.74, 6) is -0.879. The lowest BCUT2D eigenvalue weighted by atomic mass is 9.67. The van der Waals surface area contributed by atoms with E-state index in [-0.39, 0.29) is 29.5 Å². The number of nitrogens with one attached hydrogen (secondary N) is 1. The lowest BCUT2D eigenvalue weighted by molar-refractivity contribution is -0.155. The smallest absolute Gasteiger partial charge is 0.309 e. The van der Waals surface area contributed by atoms with E-state index in [4.69, 9.17) is 16.3 Å². The SMILES string of the molecule is O=C(COC(=O)C1C[C@H]2CCC[C@@H](C1)C2=O)Nc1cccnc1Cl. The van der Waals surface area contributed by atoms with E-state index < -0.39 is 11.9 Å². The number of hydrogen-bond donors (Lipinski definition) is 1. The Bertz CT molecular complexity index is 648. The van der Waals surface area contributed by atoms with Crippen LogP contribution in [0.5, 0.6) is 0 Å². The molecule has 2 aliphatic rings. The monoisotopic (exact) mass is 350 g/mol.